The van der Waals surface area contributed by atoms with Crippen molar-refractivity contribution in [2.45, 2.75) is 75.9 Å². The third-order valence-electron chi connectivity index (χ3n) is 4.40. The van der Waals surface area contributed by atoms with Crippen LogP contribution in [-0.4, -0.2) is 64.6 Å². The molecule has 5 atom stereocenters. The first-order valence-corrected chi connectivity index (χ1v) is 7.97. The number of carboxylic acids is 1. The molecule has 0 aliphatic carbocycles. The Balaban J connectivity index is 1.84. The van der Waals surface area contributed by atoms with E-state index in [1.54, 1.807) is 27.7 Å². The topological polar surface area (TPSA) is 104 Å². The molecule has 24 heavy (non-hydrogen) atoms. The van der Waals surface area contributed by atoms with Gasteiger partial charge in [0, 0.05) is 12.5 Å². The molecule has 3 aliphatic rings. The highest BCUT2D eigenvalue weighted by molar-refractivity contribution is 5.79. The Morgan fingerprint density at radius 2 is 1.83 bits per heavy atom. The van der Waals surface area contributed by atoms with Crippen LogP contribution in [0.5, 0.6) is 0 Å². The van der Waals surface area contributed by atoms with Crippen molar-refractivity contribution in [3.8, 4) is 0 Å². The van der Waals surface area contributed by atoms with Crippen LogP contribution in [0.15, 0.2) is 12.2 Å². The quantitative estimate of drug-likeness (QED) is 0.721. The maximum absolute atomic E-state index is 11.3. The lowest BCUT2D eigenvalue weighted by Gasteiger charge is -2.35. The van der Waals surface area contributed by atoms with Gasteiger partial charge in [-0.3, -0.25) is 0 Å². The van der Waals surface area contributed by atoms with Crippen LogP contribution in [0.4, 0.5) is 0 Å². The molecule has 0 aromatic heterocycles. The van der Waals surface area contributed by atoms with Crippen molar-refractivity contribution in [3.05, 3.63) is 12.2 Å². The summed E-state index contributed by atoms with van der Waals surface area (Å²) in [6.45, 7) is 7.28. The zero-order valence-electron chi connectivity index (χ0n) is 14.2. The molecule has 0 radical (unpaired) electrons. The highest BCUT2D eigenvalue weighted by atomic mass is 16.8. The van der Waals surface area contributed by atoms with Gasteiger partial charge >= 0.3 is 5.97 Å². The summed E-state index contributed by atoms with van der Waals surface area (Å²) < 4.78 is 28.8. The fourth-order valence-corrected chi connectivity index (χ4v) is 3.45. The van der Waals surface area contributed by atoms with E-state index in [1.807, 2.05) is 0 Å². The first kappa shape index (κ1) is 17.8. The fraction of sp³-hybridized carbons (Fsp3) is 0.812. The molecule has 0 saturated carbocycles. The van der Waals surface area contributed by atoms with E-state index in [9.17, 15) is 9.90 Å². The minimum Gasteiger partial charge on any atom is -0.478 e. The van der Waals surface area contributed by atoms with Crippen molar-refractivity contribution in [3.63, 3.8) is 0 Å². The summed E-state index contributed by atoms with van der Waals surface area (Å²) in [4.78, 5) is 10.7. The van der Waals surface area contributed by atoms with Crippen LogP contribution < -0.4 is 0 Å². The molecule has 0 aromatic carbocycles. The molecule has 8 heteroatoms. The average molecular weight is 344 g/mol. The summed E-state index contributed by atoms with van der Waals surface area (Å²) in [7, 11) is 0. The molecule has 3 fully saturated rings. The van der Waals surface area contributed by atoms with E-state index in [2.05, 4.69) is 0 Å². The van der Waals surface area contributed by atoms with Gasteiger partial charge in [-0.2, -0.15) is 0 Å². The molecule has 0 aromatic rings. The van der Waals surface area contributed by atoms with Gasteiger partial charge in [-0.1, -0.05) is 6.08 Å². The number of fused-ring (bicyclic) bond motifs is 1. The van der Waals surface area contributed by atoms with Gasteiger partial charge in [-0.25, -0.2) is 4.79 Å². The van der Waals surface area contributed by atoms with Crippen LogP contribution in [0, 0.1) is 0 Å². The van der Waals surface area contributed by atoms with Gasteiger partial charge in [0.25, 0.3) is 0 Å². The molecule has 0 spiro atoms. The molecule has 8 nitrogen and oxygen atoms in total. The van der Waals surface area contributed by atoms with Crippen molar-refractivity contribution in [1.82, 2.24) is 0 Å². The number of carboxylic acid groups (broad SMARTS) is 1. The fourth-order valence-electron chi connectivity index (χ4n) is 3.45. The van der Waals surface area contributed by atoms with Crippen LogP contribution >= 0.6 is 0 Å². The Labute approximate surface area is 140 Å². The minimum atomic E-state index is -1.49. The van der Waals surface area contributed by atoms with Gasteiger partial charge in [0.2, 0.25) is 0 Å². The van der Waals surface area contributed by atoms with E-state index in [-0.39, 0.29) is 13.0 Å². The lowest BCUT2D eigenvalue weighted by molar-refractivity contribution is -0.247. The lowest BCUT2D eigenvalue weighted by Crippen LogP contribution is -2.53. The summed E-state index contributed by atoms with van der Waals surface area (Å²) in [5.74, 6) is -2.75. The zero-order chi connectivity index (χ0) is 17.8. The lowest BCUT2D eigenvalue weighted by atomic mass is 9.86. The zero-order valence-corrected chi connectivity index (χ0v) is 14.2. The van der Waals surface area contributed by atoms with Crippen molar-refractivity contribution >= 4 is 5.97 Å². The number of aliphatic carboxylic acids is 1. The highest BCUT2D eigenvalue weighted by Gasteiger charge is 2.65. The van der Waals surface area contributed by atoms with Gasteiger partial charge in [0.05, 0.1) is 6.61 Å². The second-order valence-electron chi connectivity index (χ2n) is 7.28. The standard InChI is InChI=1S/C16H24O8/c1-14(2)20-8-9(22-14)11-16(19,7-5-6-10(17)18)12-13(21-11)24-15(3,4)23-12/h5-6,9,11-13,19H,7-8H2,1-4H3,(H,17,18)/b6-5+/t9-,11-,12+,13-,16-/m1/s1. The molecule has 3 heterocycles. The molecule has 3 aliphatic heterocycles. The Morgan fingerprint density at radius 3 is 2.42 bits per heavy atom. The summed E-state index contributed by atoms with van der Waals surface area (Å²) in [5.41, 5.74) is -1.49. The molecule has 0 bridgehead atoms. The predicted molar refractivity (Wildman–Crippen MR) is 79.9 cm³/mol. The Hall–Kier alpha value is -1.03. The van der Waals surface area contributed by atoms with E-state index in [1.165, 1.54) is 6.08 Å². The van der Waals surface area contributed by atoms with Crippen molar-refractivity contribution < 1.29 is 38.7 Å². The number of rotatable bonds is 4. The molecular formula is C16H24O8. The van der Waals surface area contributed by atoms with E-state index < -0.39 is 47.7 Å². The average Bonchev–Trinajstić information content (AvgIpc) is 3.01. The highest BCUT2D eigenvalue weighted by Crippen LogP contribution is 2.47. The minimum absolute atomic E-state index is 0.0326. The Morgan fingerprint density at radius 1 is 1.12 bits per heavy atom. The summed E-state index contributed by atoms with van der Waals surface area (Å²) in [5, 5.41) is 20.1. The largest absolute Gasteiger partial charge is 0.478 e. The summed E-state index contributed by atoms with van der Waals surface area (Å²) in [6, 6.07) is 0. The molecule has 2 N–H and O–H groups in total. The normalized spacial score (nSPS) is 43.4. The molecule has 3 saturated heterocycles. The van der Waals surface area contributed by atoms with Crippen LogP contribution in [0.2, 0.25) is 0 Å². The van der Waals surface area contributed by atoms with Gasteiger partial charge in [0.15, 0.2) is 17.9 Å². The maximum atomic E-state index is 11.3. The van der Waals surface area contributed by atoms with Crippen LogP contribution in [0.25, 0.3) is 0 Å². The summed E-state index contributed by atoms with van der Waals surface area (Å²) >= 11 is 0. The van der Waals surface area contributed by atoms with E-state index in [0.29, 0.717) is 0 Å². The van der Waals surface area contributed by atoms with Crippen LogP contribution in [0.3, 0.4) is 0 Å². The summed E-state index contributed by atoms with van der Waals surface area (Å²) in [6.07, 6.45) is -0.363. The number of aliphatic hydroxyl groups is 1. The van der Waals surface area contributed by atoms with Crippen molar-refractivity contribution in [2.24, 2.45) is 0 Å². The second kappa shape index (κ2) is 5.76. The number of carbonyl (C=O) groups is 1. The number of hydrogen-bond donors (Lipinski definition) is 2. The molecule has 136 valence electrons. The number of ether oxygens (including phenoxy) is 5. The van der Waals surface area contributed by atoms with Gasteiger partial charge in [-0.15, -0.1) is 0 Å². The van der Waals surface area contributed by atoms with E-state index in [4.69, 9.17) is 28.8 Å². The first-order chi connectivity index (χ1) is 11.0. The third kappa shape index (κ3) is 3.22. The van der Waals surface area contributed by atoms with E-state index >= 15 is 0 Å². The van der Waals surface area contributed by atoms with Gasteiger partial charge < -0.3 is 33.9 Å². The van der Waals surface area contributed by atoms with Gasteiger partial charge in [-0.05, 0) is 27.7 Å². The smallest absolute Gasteiger partial charge is 0.327 e. The Kier molecular flexibility index (Phi) is 4.26. The van der Waals surface area contributed by atoms with Crippen LogP contribution in [0.1, 0.15) is 34.1 Å². The maximum Gasteiger partial charge on any atom is 0.327 e. The SMILES string of the molecule is CC1(C)OC[C@H]([C@H]2O[C@@H]3OC(C)(C)O[C@@H]3[C@@]2(O)C/C=C/C(=O)O)O1. The third-order valence-corrected chi connectivity index (χ3v) is 4.40. The Bertz CT molecular complexity index is 542. The van der Waals surface area contributed by atoms with E-state index in [0.717, 1.165) is 6.08 Å². The molecule has 0 unspecified atom stereocenters. The van der Waals surface area contributed by atoms with Gasteiger partial charge in [0.1, 0.15) is 23.9 Å². The second-order valence-corrected chi connectivity index (χ2v) is 7.28. The first-order valence-electron chi connectivity index (χ1n) is 7.97. The molecule has 0 amide bonds. The van der Waals surface area contributed by atoms with Crippen molar-refractivity contribution in [1.29, 1.82) is 0 Å². The predicted octanol–water partition coefficient (Wildman–Crippen LogP) is 0.776. The molecular weight excluding hydrogens is 320 g/mol. The number of hydrogen-bond acceptors (Lipinski definition) is 7. The molecule has 3 rings (SSSR count). The van der Waals surface area contributed by atoms with Crippen LogP contribution in [-0.2, 0) is 28.5 Å². The monoisotopic (exact) mass is 344 g/mol. The van der Waals surface area contributed by atoms with Crippen molar-refractivity contribution in [2.75, 3.05) is 6.61 Å².